The van der Waals surface area contributed by atoms with Crippen molar-refractivity contribution < 1.29 is 14.3 Å². The minimum Gasteiger partial charge on any atom is -0.497 e. The van der Waals surface area contributed by atoms with Crippen LogP contribution in [-0.2, 0) is 4.74 Å². The molecule has 31 heavy (non-hydrogen) atoms. The summed E-state index contributed by atoms with van der Waals surface area (Å²) in [7, 11) is 1.60. The van der Waals surface area contributed by atoms with E-state index in [-0.39, 0.29) is 5.91 Å². The van der Waals surface area contributed by atoms with Crippen LogP contribution >= 0.6 is 0 Å². The van der Waals surface area contributed by atoms with E-state index in [4.69, 9.17) is 9.47 Å². The minimum absolute atomic E-state index is 0.245. The largest absolute Gasteiger partial charge is 0.497 e. The summed E-state index contributed by atoms with van der Waals surface area (Å²) in [5.41, 5.74) is 8.03. The maximum absolute atomic E-state index is 12.4. The number of carbonyl (C=O) groups is 1. The Balaban J connectivity index is 1.53. The van der Waals surface area contributed by atoms with E-state index < -0.39 is 0 Å². The number of nitrogens with one attached hydrogen (secondary N) is 1. The Morgan fingerprint density at radius 2 is 1.81 bits per heavy atom. The van der Waals surface area contributed by atoms with Crippen LogP contribution < -0.4 is 10.2 Å². The zero-order valence-electron chi connectivity index (χ0n) is 17.7. The maximum atomic E-state index is 12.4. The molecular formula is C25H27N3O3. The molecule has 1 N–H and O–H groups in total. The lowest BCUT2D eigenvalue weighted by Gasteiger charge is -2.31. The third-order valence-electron chi connectivity index (χ3n) is 5.48. The fourth-order valence-corrected chi connectivity index (χ4v) is 3.90. The number of ether oxygens (including phenoxy) is 2. The number of morpholine rings is 1. The van der Waals surface area contributed by atoms with E-state index in [1.54, 1.807) is 37.6 Å². The van der Waals surface area contributed by atoms with Crippen LogP contribution in [0, 0.1) is 0 Å². The number of hydrogen-bond donors (Lipinski definition) is 1. The molecule has 6 heteroatoms. The summed E-state index contributed by atoms with van der Waals surface area (Å²) in [6, 6.07) is 17.3. The average molecular weight is 418 g/mol. The van der Waals surface area contributed by atoms with Gasteiger partial charge in [-0.2, -0.15) is 5.10 Å². The molecule has 4 rings (SSSR count). The smallest absolute Gasteiger partial charge is 0.271 e. The van der Waals surface area contributed by atoms with E-state index in [1.807, 2.05) is 6.07 Å². The highest BCUT2D eigenvalue weighted by Crippen LogP contribution is 2.34. The highest BCUT2D eigenvalue weighted by molar-refractivity contribution is 5.95. The standard InChI is InChI=1S/C25H27N3O3/c1-30-23-11-9-20(10-12-23)25(29)27-26-18-22-8-7-21(17-19-5-3-2-4-6-19)24(22)28-13-15-31-16-14-28/h2-6,9-12,17-18H,7-8,13-16H2,1H3,(H,27,29)/b21-17?,26-18-. The second-order valence-electron chi connectivity index (χ2n) is 7.48. The van der Waals surface area contributed by atoms with Crippen molar-refractivity contribution >= 4 is 18.2 Å². The van der Waals surface area contributed by atoms with Gasteiger partial charge in [0.1, 0.15) is 5.75 Å². The molecule has 160 valence electrons. The number of rotatable bonds is 6. The molecule has 1 amide bonds. The van der Waals surface area contributed by atoms with Gasteiger partial charge >= 0.3 is 0 Å². The molecule has 1 fully saturated rings. The van der Waals surface area contributed by atoms with Crippen molar-refractivity contribution in [1.82, 2.24) is 10.3 Å². The number of allylic oxidation sites excluding steroid dienone is 2. The normalized spacial score (nSPS) is 18.1. The van der Waals surface area contributed by atoms with Crippen LogP contribution in [0.5, 0.6) is 5.75 Å². The van der Waals surface area contributed by atoms with E-state index in [1.165, 1.54) is 16.8 Å². The third kappa shape index (κ3) is 5.22. The fourth-order valence-electron chi connectivity index (χ4n) is 3.90. The van der Waals surface area contributed by atoms with Gasteiger partial charge in [0.15, 0.2) is 0 Å². The number of hydrazone groups is 1. The summed E-state index contributed by atoms with van der Waals surface area (Å²) in [6.07, 6.45) is 5.89. The van der Waals surface area contributed by atoms with Gasteiger partial charge < -0.3 is 14.4 Å². The van der Waals surface area contributed by atoms with Crippen molar-refractivity contribution in [3.63, 3.8) is 0 Å². The van der Waals surface area contributed by atoms with Gasteiger partial charge in [-0.25, -0.2) is 5.43 Å². The number of nitrogens with zero attached hydrogens (tertiary/aromatic N) is 2. The van der Waals surface area contributed by atoms with Gasteiger partial charge in [-0.3, -0.25) is 4.79 Å². The molecular weight excluding hydrogens is 390 g/mol. The van der Waals surface area contributed by atoms with E-state index in [0.29, 0.717) is 11.3 Å². The van der Waals surface area contributed by atoms with Gasteiger partial charge in [0, 0.05) is 24.4 Å². The molecule has 0 radical (unpaired) electrons. The molecule has 6 nitrogen and oxygen atoms in total. The van der Waals surface area contributed by atoms with Crippen LogP contribution in [0.4, 0.5) is 0 Å². The first-order chi connectivity index (χ1) is 15.2. The second-order valence-corrected chi connectivity index (χ2v) is 7.48. The highest BCUT2D eigenvalue weighted by Gasteiger charge is 2.25. The minimum atomic E-state index is -0.245. The van der Waals surface area contributed by atoms with Gasteiger partial charge in [-0.15, -0.1) is 0 Å². The molecule has 2 aromatic carbocycles. The molecule has 0 spiro atoms. The molecule has 1 aliphatic carbocycles. The predicted molar refractivity (Wildman–Crippen MR) is 122 cm³/mol. The van der Waals surface area contributed by atoms with E-state index >= 15 is 0 Å². The molecule has 1 aliphatic heterocycles. The van der Waals surface area contributed by atoms with Gasteiger partial charge in [-0.05, 0) is 59.9 Å². The van der Waals surface area contributed by atoms with Crippen LogP contribution in [0.1, 0.15) is 28.8 Å². The van der Waals surface area contributed by atoms with Crippen LogP contribution in [0.3, 0.4) is 0 Å². The number of methoxy groups -OCH3 is 1. The van der Waals surface area contributed by atoms with E-state index in [2.05, 4.69) is 45.8 Å². The Hall–Kier alpha value is -3.38. The molecule has 1 heterocycles. The van der Waals surface area contributed by atoms with Crippen LogP contribution in [-0.4, -0.2) is 50.4 Å². The first-order valence-corrected chi connectivity index (χ1v) is 10.5. The number of carbonyl (C=O) groups excluding carboxylic acids is 1. The highest BCUT2D eigenvalue weighted by atomic mass is 16.5. The van der Waals surface area contributed by atoms with Crippen molar-refractivity contribution in [2.75, 3.05) is 33.4 Å². The molecule has 1 saturated heterocycles. The molecule has 2 aliphatic rings. The van der Waals surface area contributed by atoms with Gasteiger partial charge in [0.05, 0.1) is 26.5 Å². The Morgan fingerprint density at radius 1 is 1.06 bits per heavy atom. The SMILES string of the molecule is COc1ccc(C(=O)N/N=C\C2=C(N3CCOCC3)C(=Cc3ccccc3)CC2)cc1. The summed E-state index contributed by atoms with van der Waals surface area (Å²) in [6.45, 7) is 3.16. The third-order valence-corrected chi connectivity index (χ3v) is 5.48. The van der Waals surface area contributed by atoms with Crippen molar-refractivity contribution in [3.8, 4) is 5.75 Å². The molecule has 0 bridgehead atoms. The molecule has 0 aromatic heterocycles. The van der Waals surface area contributed by atoms with Crippen molar-refractivity contribution in [2.45, 2.75) is 12.8 Å². The number of hydrogen-bond acceptors (Lipinski definition) is 5. The lowest BCUT2D eigenvalue weighted by molar-refractivity contribution is 0.0548. The molecule has 0 unspecified atom stereocenters. The number of benzene rings is 2. The van der Waals surface area contributed by atoms with Crippen molar-refractivity contribution in [2.24, 2.45) is 5.10 Å². The summed E-state index contributed by atoms with van der Waals surface area (Å²) in [5.74, 6) is 0.467. The topological polar surface area (TPSA) is 63.2 Å². The van der Waals surface area contributed by atoms with Crippen molar-refractivity contribution in [3.05, 3.63) is 82.6 Å². The van der Waals surface area contributed by atoms with E-state index in [0.717, 1.165) is 44.7 Å². The Morgan fingerprint density at radius 3 is 2.52 bits per heavy atom. The second kappa shape index (κ2) is 10.1. The average Bonchev–Trinajstić information content (AvgIpc) is 3.22. The zero-order chi connectivity index (χ0) is 21.5. The van der Waals surface area contributed by atoms with Crippen LogP contribution in [0.2, 0.25) is 0 Å². The summed E-state index contributed by atoms with van der Waals surface area (Å²) < 4.78 is 10.7. The molecule has 2 aromatic rings. The Labute approximate surface area is 182 Å². The summed E-state index contributed by atoms with van der Waals surface area (Å²) in [4.78, 5) is 14.8. The van der Waals surface area contributed by atoms with Crippen molar-refractivity contribution in [1.29, 1.82) is 0 Å². The lowest BCUT2D eigenvalue weighted by atomic mass is 10.1. The quantitative estimate of drug-likeness (QED) is 0.572. The monoisotopic (exact) mass is 417 g/mol. The summed E-state index contributed by atoms with van der Waals surface area (Å²) in [5, 5.41) is 4.26. The zero-order valence-corrected chi connectivity index (χ0v) is 17.7. The van der Waals surface area contributed by atoms with Gasteiger partial charge in [0.25, 0.3) is 5.91 Å². The number of amides is 1. The predicted octanol–water partition coefficient (Wildman–Crippen LogP) is 3.87. The first-order valence-electron chi connectivity index (χ1n) is 10.5. The van der Waals surface area contributed by atoms with Gasteiger partial charge in [-0.1, -0.05) is 30.3 Å². The van der Waals surface area contributed by atoms with Crippen LogP contribution in [0.25, 0.3) is 6.08 Å². The van der Waals surface area contributed by atoms with Crippen LogP contribution in [0.15, 0.2) is 76.5 Å². The Kier molecular flexibility index (Phi) is 6.79. The first kappa shape index (κ1) is 20.9. The maximum Gasteiger partial charge on any atom is 0.271 e. The molecule has 0 atom stereocenters. The summed E-state index contributed by atoms with van der Waals surface area (Å²) >= 11 is 0. The fraction of sp³-hybridized carbons (Fsp3) is 0.280. The van der Waals surface area contributed by atoms with Gasteiger partial charge in [0.2, 0.25) is 0 Å². The Bertz CT molecular complexity index is 988. The lowest BCUT2D eigenvalue weighted by Crippen LogP contribution is -2.36. The van der Waals surface area contributed by atoms with E-state index in [9.17, 15) is 4.79 Å². The molecule has 0 saturated carbocycles.